The van der Waals surface area contributed by atoms with Gasteiger partial charge in [-0.05, 0) is 70.3 Å². The van der Waals surface area contributed by atoms with Crippen LogP contribution in [0.3, 0.4) is 0 Å². The summed E-state index contributed by atoms with van der Waals surface area (Å²) in [6.07, 6.45) is 2.34. The molecule has 1 unspecified atom stereocenters. The molecule has 1 N–H and O–H groups in total. The average Bonchev–Trinajstić information content (AvgIpc) is 2.94. The number of thioether (sulfide) groups is 1. The van der Waals surface area contributed by atoms with Crippen LogP contribution in [0.2, 0.25) is 0 Å². The van der Waals surface area contributed by atoms with Gasteiger partial charge in [0.25, 0.3) is 0 Å². The normalized spacial score (nSPS) is 12.5. The molecule has 1 aromatic heterocycles. The van der Waals surface area contributed by atoms with Crippen molar-refractivity contribution in [3.63, 3.8) is 0 Å². The second kappa shape index (κ2) is 8.10. The lowest BCUT2D eigenvalue weighted by molar-refractivity contribution is 0.573. The summed E-state index contributed by atoms with van der Waals surface area (Å²) in [6, 6.07) is 11.2. The van der Waals surface area contributed by atoms with Gasteiger partial charge < -0.3 is 5.32 Å². The first-order valence-corrected chi connectivity index (χ1v) is 9.07. The number of rotatable bonds is 7. The molecule has 0 amide bonds. The molecule has 0 aliphatic heterocycles. The lowest BCUT2D eigenvalue weighted by Crippen LogP contribution is -2.28. The van der Waals surface area contributed by atoms with Crippen LogP contribution in [0.4, 0.5) is 0 Å². The molecule has 0 spiro atoms. The van der Waals surface area contributed by atoms with Crippen molar-refractivity contribution in [1.82, 2.24) is 5.32 Å². The first kappa shape index (κ1) is 15.1. The third kappa shape index (κ3) is 4.95. The molecule has 1 atom stereocenters. The highest BCUT2D eigenvalue weighted by Crippen LogP contribution is 2.28. The van der Waals surface area contributed by atoms with Gasteiger partial charge in [-0.2, -0.15) is 11.3 Å². The van der Waals surface area contributed by atoms with Gasteiger partial charge in [-0.1, -0.05) is 12.1 Å². The molecule has 0 fully saturated rings. The van der Waals surface area contributed by atoms with Crippen molar-refractivity contribution in [2.24, 2.45) is 0 Å². The van der Waals surface area contributed by atoms with Crippen molar-refractivity contribution in [2.75, 3.05) is 12.8 Å². The Labute approximate surface area is 131 Å². The number of aryl methyl sites for hydroxylation is 1. The Hall–Kier alpha value is -0.290. The quantitative estimate of drug-likeness (QED) is 0.714. The molecule has 19 heavy (non-hydrogen) atoms. The summed E-state index contributed by atoms with van der Waals surface area (Å²) in [5.41, 5.74) is 1.45. The first-order chi connectivity index (χ1) is 9.29. The van der Waals surface area contributed by atoms with Crippen LogP contribution in [-0.2, 0) is 6.42 Å². The van der Waals surface area contributed by atoms with E-state index in [0.29, 0.717) is 6.04 Å². The summed E-state index contributed by atoms with van der Waals surface area (Å²) in [5, 5.41) is 7.82. The molecule has 2 aromatic rings. The molecule has 1 nitrogen and oxygen atoms in total. The maximum absolute atomic E-state index is 3.60. The molecule has 0 aliphatic rings. The summed E-state index contributed by atoms with van der Waals surface area (Å²) in [5.74, 6) is 1.10. The van der Waals surface area contributed by atoms with E-state index in [0.717, 1.165) is 12.2 Å². The van der Waals surface area contributed by atoms with Gasteiger partial charge in [0.15, 0.2) is 0 Å². The van der Waals surface area contributed by atoms with Crippen LogP contribution in [0, 0.1) is 0 Å². The van der Waals surface area contributed by atoms with E-state index in [1.807, 2.05) is 11.8 Å². The zero-order chi connectivity index (χ0) is 13.5. The van der Waals surface area contributed by atoms with Gasteiger partial charge in [0.1, 0.15) is 0 Å². The minimum atomic E-state index is 0.553. The Morgan fingerprint density at radius 1 is 1.32 bits per heavy atom. The molecular weight excluding hydrogens is 338 g/mol. The highest BCUT2D eigenvalue weighted by atomic mass is 79.9. The minimum absolute atomic E-state index is 0.553. The summed E-state index contributed by atoms with van der Waals surface area (Å²) in [6.45, 7) is 0. The van der Waals surface area contributed by atoms with Gasteiger partial charge in [-0.25, -0.2) is 0 Å². The smallest absolute Gasteiger partial charge is 0.0311 e. The Morgan fingerprint density at radius 3 is 2.84 bits per heavy atom. The highest BCUT2D eigenvalue weighted by molar-refractivity contribution is 9.10. The highest BCUT2D eigenvalue weighted by Gasteiger charge is 2.08. The van der Waals surface area contributed by atoms with E-state index in [4.69, 9.17) is 0 Å². The van der Waals surface area contributed by atoms with E-state index < -0.39 is 0 Å². The summed E-state index contributed by atoms with van der Waals surface area (Å²) >= 11 is 7.29. The number of nitrogens with one attached hydrogen (secondary N) is 1. The SMILES string of the molecule is CNC(CCc1ccsc1)CSc1ccccc1Br. The van der Waals surface area contributed by atoms with E-state index >= 15 is 0 Å². The number of hydrogen-bond acceptors (Lipinski definition) is 3. The first-order valence-electron chi connectivity index (χ1n) is 6.35. The maximum Gasteiger partial charge on any atom is 0.0311 e. The molecule has 4 heteroatoms. The molecule has 0 radical (unpaired) electrons. The lowest BCUT2D eigenvalue weighted by atomic mass is 10.1. The number of halogens is 1. The van der Waals surface area contributed by atoms with Crippen LogP contribution in [-0.4, -0.2) is 18.8 Å². The Bertz CT molecular complexity index is 485. The fourth-order valence-corrected chi connectivity index (χ4v) is 4.27. The predicted octanol–water partition coefficient (Wildman–Crippen LogP) is 4.82. The molecule has 1 heterocycles. The summed E-state index contributed by atoms with van der Waals surface area (Å²) in [4.78, 5) is 1.32. The van der Waals surface area contributed by atoms with Gasteiger partial charge in [0, 0.05) is 21.2 Å². The zero-order valence-corrected chi connectivity index (χ0v) is 14.2. The third-order valence-electron chi connectivity index (χ3n) is 3.05. The van der Waals surface area contributed by atoms with Crippen LogP contribution < -0.4 is 5.32 Å². The largest absolute Gasteiger partial charge is 0.316 e. The maximum atomic E-state index is 3.60. The van der Waals surface area contributed by atoms with Crippen molar-refractivity contribution in [3.8, 4) is 0 Å². The molecule has 0 saturated carbocycles. The molecule has 2 rings (SSSR count). The monoisotopic (exact) mass is 355 g/mol. The summed E-state index contributed by atoms with van der Waals surface area (Å²) in [7, 11) is 2.05. The molecule has 0 bridgehead atoms. The van der Waals surface area contributed by atoms with Gasteiger partial charge in [0.05, 0.1) is 0 Å². The second-order valence-electron chi connectivity index (χ2n) is 4.40. The molecule has 0 aliphatic carbocycles. The van der Waals surface area contributed by atoms with Crippen LogP contribution >= 0.6 is 39.0 Å². The standard InChI is InChI=1S/C15H18BrNS2/c1-17-13(7-6-12-8-9-18-10-12)11-19-15-5-3-2-4-14(15)16/h2-5,8-10,13,17H,6-7,11H2,1H3. The number of thiophene rings is 1. The Balaban J connectivity index is 1.81. The Kier molecular flexibility index (Phi) is 6.44. The third-order valence-corrected chi connectivity index (χ3v) is 5.97. The van der Waals surface area contributed by atoms with Crippen molar-refractivity contribution < 1.29 is 0 Å². The lowest BCUT2D eigenvalue weighted by Gasteiger charge is -2.15. The average molecular weight is 356 g/mol. The van der Waals surface area contributed by atoms with Crippen molar-refractivity contribution >= 4 is 39.0 Å². The van der Waals surface area contributed by atoms with Crippen LogP contribution in [0.1, 0.15) is 12.0 Å². The van der Waals surface area contributed by atoms with Crippen LogP contribution in [0.5, 0.6) is 0 Å². The van der Waals surface area contributed by atoms with Gasteiger partial charge in [-0.15, -0.1) is 11.8 Å². The van der Waals surface area contributed by atoms with E-state index in [9.17, 15) is 0 Å². The molecular formula is C15H18BrNS2. The second-order valence-corrected chi connectivity index (χ2v) is 7.09. The number of benzene rings is 1. The fourth-order valence-electron chi connectivity index (χ4n) is 1.84. The minimum Gasteiger partial charge on any atom is -0.316 e. The van der Waals surface area contributed by atoms with E-state index in [-0.39, 0.29) is 0 Å². The van der Waals surface area contributed by atoms with Crippen LogP contribution in [0.25, 0.3) is 0 Å². The van der Waals surface area contributed by atoms with E-state index in [1.54, 1.807) is 11.3 Å². The van der Waals surface area contributed by atoms with Gasteiger partial charge >= 0.3 is 0 Å². The number of hydrogen-bond donors (Lipinski definition) is 1. The van der Waals surface area contributed by atoms with E-state index in [1.165, 1.54) is 21.4 Å². The zero-order valence-electron chi connectivity index (χ0n) is 10.9. The fraction of sp³-hybridized carbons (Fsp3) is 0.333. The Morgan fingerprint density at radius 2 is 2.16 bits per heavy atom. The molecule has 1 aromatic carbocycles. The van der Waals surface area contributed by atoms with Crippen molar-refractivity contribution in [2.45, 2.75) is 23.8 Å². The topological polar surface area (TPSA) is 12.0 Å². The molecule has 0 saturated heterocycles. The summed E-state index contributed by atoms with van der Waals surface area (Å²) < 4.78 is 1.19. The van der Waals surface area contributed by atoms with Crippen LogP contribution in [0.15, 0.2) is 50.5 Å². The van der Waals surface area contributed by atoms with Gasteiger partial charge in [0.2, 0.25) is 0 Å². The van der Waals surface area contributed by atoms with Gasteiger partial charge in [-0.3, -0.25) is 0 Å². The van der Waals surface area contributed by atoms with E-state index in [2.05, 4.69) is 69.4 Å². The predicted molar refractivity (Wildman–Crippen MR) is 90.4 cm³/mol. The van der Waals surface area contributed by atoms with Crippen molar-refractivity contribution in [3.05, 3.63) is 51.1 Å². The van der Waals surface area contributed by atoms with Crippen molar-refractivity contribution in [1.29, 1.82) is 0 Å². The molecule has 102 valence electrons.